The molecule has 0 aromatic heterocycles. The van der Waals surface area contributed by atoms with Gasteiger partial charge in [-0.25, -0.2) is 0 Å². The molecule has 1 atom stereocenters. The summed E-state index contributed by atoms with van der Waals surface area (Å²) >= 11 is 0. The first kappa shape index (κ1) is 15.0. The summed E-state index contributed by atoms with van der Waals surface area (Å²) in [5.74, 6) is -2.96. The van der Waals surface area contributed by atoms with E-state index in [4.69, 9.17) is 5.11 Å². The van der Waals surface area contributed by atoms with Gasteiger partial charge in [0.15, 0.2) is 0 Å². The fraction of sp³-hybridized carbons (Fsp3) is 0.846. The zero-order valence-electron chi connectivity index (χ0n) is 11.5. The number of rotatable bonds is 4. The van der Waals surface area contributed by atoms with Crippen molar-refractivity contribution in [2.75, 3.05) is 0 Å². The highest BCUT2D eigenvalue weighted by molar-refractivity contribution is 5.78. The molecule has 0 bridgehead atoms. The third-order valence-corrected chi connectivity index (χ3v) is 3.50. The molecular formula is C13H23NO4. The van der Waals surface area contributed by atoms with Gasteiger partial charge >= 0.3 is 11.9 Å². The third-order valence-electron chi connectivity index (χ3n) is 3.50. The van der Waals surface area contributed by atoms with Gasteiger partial charge in [-0.05, 0) is 46.5 Å². The predicted octanol–water partition coefficient (Wildman–Crippen LogP) is 1.72. The zero-order valence-corrected chi connectivity index (χ0v) is 11.5. The van der Waals surface area contributed by atoms with E-state index in [1.165, 1.54) is 0 Å². The molecule has 1 fully saturated rings. The largest absolute Gasteiger partial charge is 0.481 e. The van der Waals surface area contributed by atoms with Crippen LogP contribution >= 0.6 is 0 Å². The zero-order chi connectivity index (χ0) is 14.1. The molecule has 1 heterocycles. The first-order valence-corrected chi connectivity index (χ1v) is 6.26. The smallest absolute Gasteiger partial charge is 0.307 e. The van der Waals surface area contributed by atoms with E-state index in [1.807, 2.05) is 27.7 Å². The van der Waals surface area contributed by atoms with E-state index < -0.39 is 17.9 Å². The molecule has 104 valence electrons. The van der Waals surface area contributed by atoms with E-state index in [9.17, 15) is 14.7 Å². The fourth-order valence-electron chi connectivity index (χ4n) is 3.33. The van der Waals surface area contributed by atoms with Gasteiger partial charge in [0.2, 0.25) is 0 Å². The van der Waals surface area contributed by atoms with Crippen molar-refractivity contribution >= 4 is 11.9 Å². The van der Waals surface area contributed by atoms with Crippen LogP contribution in [0.1, 0.15) is 47.0 Å². The second-order valence-corrected chi connectivity index (χ2v) is 6.60. The van der Waals surface area contributed by atoms with Crippen molar-refractivity contribution in [2.45, 2.75) is 58.0 Å². The summed E-state index contributed by atoms with van der Waals surface area (Å²) in [6.07, 6.45) is 1.06. The van der Waals surface area contributed by atoms with E-state index in [0.717, 1.165) is 0 Å². The quantitative estimate of drug-likeness (QED) is 0.714. The van der Waals surface area contributed by atoms with Crippen molar-refractivity contribution in [3.63, 3.8) is 0 Å². The molecule has 0 amide bonds. The Kier molecular flexibility index (Phi) is 4.05. The van der Waals surface area contributed by atoms with Gasteiger partial charge in [0.25, 0.3) is 0 Å². The summed E-state index contributed by atoms with van der Waals surface area (Å²) in [5, 5.41) is 21.5. The monoisotopic (exact) mass is 257 g/mol. The maximum absolute atomic E-state index is 11.3. The highest BCUT2D eigenvalue weighted by Gasteiger charge is 2.43. The molecule has 5 heteroatoms. The summed E-state index contributed by atoms with van der Waals surface area (Å²) in [4.78, 5) is 22.1. The first-order chi connectivity index (χ1) is 8.02. The lowest BCUT2D eigenvalue weighted by atomic mass is 9.70. The Morgan fingerprint density at radius 2 is 1.61 bits per heavy atom. The van der Waals surface area contributed by atoms with Gasteiger partial charge in [0, 0.05) is 11.1 Å². The summed E-state index contributed by atoms with van der Waals surface area (Å²) < 4.78 is 0. The highest BCUT2D eigenvalue weighted by atomic mass is 16.4. The van der Waals surface area contributed by atoms with Gasteiger partial charge in [-0.3, -0.25) is 9.59 Å². The third kappa shape index (κ3) is 3.98. The van der Waals surface area contributed by atoms with Crippen molar-refractivity contribution < 1.29 is 19.8 Å². The number of carbonyl (C=O) groups is 2. The molecule has 0 aromatic rings. The Balaban J connectivity index is 2.91. The Labute approximate surface area is 108 Å². The van der Waals surface area contributed by atoms with Crippen molar-refractivity contribution in [2.24, 2.45) is 11.8 Å². The van der Waals surface area contributed by atoms with Gasteiger partial charge in [-0.15, -0.1) is 0 Å². The van der Waals surface area contributed by atoms with E-state index in [1.54, 1.807) is 0 Å². The van der Waals surface area contributed by atoms with E-state index >= 15 is 0 Å². The summed E-state index contributed by atoms with van der Waals surface area (Å²) in [6.45, 7) is 8.11. The van der Waals surface area contributed by atoms with Crippen LogP contribution in [-0.4, -0.2) is 33.2 Å². The first-order valence-electron chi connectivity index (χ1n) is 6.26. The van der Waals surface area contributed by atoms with Gasteiger partial charge in [-0.2, -0.15) is 0 Å². The number of nitrogens with one attached hydrogen (secondary N) is 1. The predicted molar refractivity (Wildman–Crippen MR) is 67.4 cm³/mol. The number of aliphatic carboxylic acids is 2. The minimum absolute atomic E-state index is 0.107. The average Bonchev–Trinajstić information content (AvgIpc) is 2.07. The Morgan fingerprint density at radius 1 is 1.17 bits per heavy atom. The summed E-state index contributed by atoms with van der Waals surface area (Å²) in [7, 11) is 0. The van der Waals surface area contributed by atoms with Gasteiger partial charge in [-0.1, -0.05) is 0 Å². The normalized spacial score (nSPS) is 24.4. The van der Waals surface area contributed by atoms with Crippen LogP contribution in [0.2, 0.25) is 0 Å². The number of piperidine rings is 1. The second-order valence-electron chi connectivity index (χ2n) is 6.60. The van der Waals surface area contributed by atoms with Gasteiger partial charge in [0.1, 0.15) is 0 Å². The molecule has 18 heavy (non-hydrogen) atoms. The fourth-order valence-corrected chi connectivity index (χ4v) is 3.33. The Hall–Kier alpha value is -1.10. The molecule has 1 saturated heterocycles. The second kappa shape index (κ2) is 4.88. The highest BCUT2D eigenvalue weighted by Crippen LogP contribution is 2.38. The Morgan fingerprint density at radius 3 is 1.94 bits per heavy atom. The Bertz CT molecular complexity index is 333. The van der Waals surface area contributed by atoms with Crippen molar-refractivity contribution in [1.82, 2.24) is 5.32 Å². The molecule has 0 radical (unpaired) electrons. The van der Waals surface area contributed by atoms with Crippen molar-refractivity contribution in [1.29, 1.82) is 0 Å². The van der Waals surface area contributed by atoms with Crippen LogP contribution in [0.3, 0.4) is 0 Å². The average molecular weight is 257 g/mol. The van der Waals surface area contributed by atoms with Gasteiger partial charge < -0.3 is 15.5 Å². The number of carboxylic acid groups (broad SMARTS) is 2. The molecule has 5 nitrogen and oxygen atoms in total. The maximum atomic E-state index is 11.3. The van der Waals surface area contributed by atoms with Crippen LogP contribution in [0.4, 0.5) is 0 Å². The number of hydrogen-bond donors (Lipinski definition) is 3. The lowest BCUT2D eigenvalue weighted by Gasteiger charge is -2.47. The molecular weight excluding hydrogens is 234 g/mol. The van der Waals surface area contributed by atoms with Crippen LogP contribution in [0.5, 0.6) is 0 Å². The van der Waals surface area contributed by atoms with Crippen molar-refractivity contribution in [3.05, 3.63) is 0 Å². The SMILES string of the molecule is CC1(C)CC([C@H](CC(=O)O)C(=O)O)CC(C)(C)N1. The molecule has 0 saturated carbocycles. The molecule has 1 aliphatic rings. The summed E-state index contributed by atoms with van der Waals surface area (Å²) in [6, 6.07) is 0. The standard InChI is InChI=1S/C13H23NO4/c1-12(2)6-8(7-13(3,4)14-12)9(11(17)18)5-10(15)16/h8-9,14H,5-7H2,1-4H3,(H,15,16)(H,17,18)/t9-/m0/s1. The number of carboxylic acids is 2. The minimum Gasteiger partial charge on any atom is -0.481 e. The molecule has 0 spiro atoms. The van der Waals surface area contributed by atoms with E-state index in [2.05, 4.69) is 5.32 Å². The lowest BCUT2D eigenvalue weighted by Crippen LogP contribution is -2.59. The van der Waals surface area contributed by atoms with E-state index in [0.29, 0.717) is 12.8 Å². The molecule has 0 aromatic carbocycles. The van der Waals surface area contributed by atoms with Crippen LogP contribution in [0, 0.1) is 11.8 Å². The van der Waals surface area contributed by atoms with Crippen LogP contribution in [0.15, 0.2) is 0 Å². The van der Waals surface area contributed by atoms with Gasteiger partial charge in [0.05, 0.1) is 12.3 Å². The minimum atomic E-state index is -1.04. The maximum Gasteiger partial charge on any atom is 0.307 e. The van der Waals surface area contributed by atoms with Crippen LogP contribution < -0.4 is 5.32 Å². The molecule has 0 aliphatic carbocycles. The van der Waals surface area contributed by atoms with E-state index in [-0.39, 0.29) is 23.4 Å². The topological polar surface area (TPSA) is 86.6 Å². The number of hydrogen-bond acceptors (Lipinski definition) is 3. The lowest BCUT2D eigenvalue weighted by molar-refractivity contribution is -0.151. The van der Waals surface area contributed by atoms with Crippen molar-refractivity contribution in [3.8, 4) is 0 Å². The molecule has 0 unspecified atom stereocenters. The van der Waals surface area contributed by atoms with Crippen LogP contribution in [-0.2, 0) is 9.59 Å². The molecule has 3 N–H and O–H groups in total. The molecule has 1 aliphatic heterocycles. The molecule has 1 rings (SSSR count). The summed E-state index contributed by atoms with van der Waals surface area (Å²) in [5.41, 5.74) is -0.336. The van der Waals surface area contributed by atoms with Crippen LogP contribution in [0.25, 0.3) is 0 Å².